The molecule has 1 aromatic carbocycles. The zero-order valence-corrected chi connectivity index (χ0v) is 12.6. The fourth-order valence-corrected chi connectivity index (χ4v) is 2.74. The molecular weight excluding hydrogens is 304 g/mol. The molecule has 0 saturated carbocycles. The van der Waals surface area contributed by atoms with Crippen molar-refractivity contribution in [3.8, 4) is 0 Å². The average molecular weight is 320 g/mol. The van der Waals surface area contributed by atoms with Crippen molar-refractivity contribution in [1.82, 2.24) is 4.98 Å². The number of amides is 1. The molecule has 8 heteroatoms. The molecule has 0 unspecified atom stereocenters. The van der Waals surface area contributed by atoms with E-state index in [-0.39, 0.29) is 23.7 Å². The van der Waals surface area contributed by atoms with Gasteiger partial charge in [-0.1, -0.05) is 12.1 Å². The number of hydrogen-bond donors (Lipinski definition) is 2. The molecule has 2 rings (SSSR count). The summed E-state index contributed by atoms with van der Waals surface area (Å²) in [5.41, 5.74) is 6.17. The van der Waals surface area contributed by atoms with Crippen molar-refractivity contribution in [2.75, 3.05) is 11.9 Å². The van der Waals surface area contributed by atoms with E-state index in [9.17, 15) is 14.9 Å². The van der Waals surface area contributed by atoms with Gasteiger partial charge in [-0.2, -0.15) is 0 Å². The fourth-order valence-electron chi connectivity index (χ4n) is 1.90. The number of rotatable bonds is 7. The van der Waals surface area contributed by atoms with Crippen molar-refractivity contribution in [3.63, 3.8) is 0 Å². The Balaban J connectivity index is 1.98. The molecule has 1 amide bonds. The molecule has 0 aliphatic heterocycles. The van der Waals surface area contributed by atoms with Crippen molar-refractivity contribution in [2.45, 2.75) is 19.3 Å². The van der Waals surface area contributed by atoms with Crippen LogP contribution in [0.5, 0.6) is 0 Å². The van der Waals surface area contributed by atoms with Crippen LogP contribution in [0.3, 0.4) is 0 Å². The Labute approximate surface area is 131 Å². The maximum absolute atomic E-state index is 12.0. The number of para-hydroxylation sites is 2. The number of carbonyl (C=O) groups excluding carboxylic acids is 1. The summed E-state index contributed by atoms with van der Waals surface area (Å²) in [6.45, 7) is 0.604. The van der Waals surface area contributed by atoms with E-state index in [2.05, 4.69) is 10.3 Å². The van der Waals surface area contributed by atoms with E-state index in [1.165, 1.54) is 23.5 Å². The van der Waals surface area contributed by atoms with Crippen molar-refractivity contribution in [3.05, 3.63) is 50.5 Å². The molecular formula is C14H16N4O3S. The predicted molar refractivity (Wildman–Crippen MR) is 84.9 cm³/mol. The first-order valence-electron chi connectivity index (χ1n) is 6.76. The van der Waals surface area contributed by atoms with Crippen LogP contribution in [0.4, 0.5) is 11.4 Å². The van der Waals surface area contributed by atoms with Crippen LogP contribution >= 0.6 is 11.3 Å². The lowest BCUT2D eigenvalue weighted by Crippen LogP contribution is -2.15. The number of nitro benzene ring substituents is 1. The summed E-state index contributed by atoms with van der Waals surface area (Å²) in [7, 11) is 0. The second kappa shape index (κ2) is 7.62. The van der Waals surface area contributed by atoms with Gasteiger partial charge in [0.2, 0.25) is 5.91 Å². The molecule has 0 spiro atoms. The molecule has 7 nitrogen and oxygen atoms in total. The summed E-state index contributed by atoms with van der Waals surface area (Å²) in [6, 6.07) is 6.04. The molecule has 0 saturated heterocycles. The van der Waals surface area contributed by atoms with Gasteiger partial charge in [0.15, 0.2) is 0 Å². The van der Waals surface area contributed by atoms with E-state index in [4.69, 9.17) is 5.73 Å². The Morgan fingerprint density at radius 3 is 2.91 bits per heavy atom. The van der Waals surface area contributed by atoms with Crippen LogP contribution < -0.4 is 11.1 Å². The van der Waals surface area contributed by atoms with Crippen LogP contribution in [0.15, 0.2) is 29.6 Å². The third-order valence-electron chi connectivity index (χ3n) is 2.91. The van der Waals surface area contributed by atoms with Gasteiger partial charge in [-0.05, 0) is 19.0 Å². The molecule has 0 radical (unpaired) electrons. The molecule has 116 valence electrons. The third kappa shape index (κ3) is 4.34. The van der Waals surface area contributed by atoms with Gasteiger partial charge >= 0.3 is 0 Å². The molecule has 1 aromatic heterocycles. The molecule has 0 bridgehead atoms. The number of nitrogens with zero attached hydrogens (tertiary/aromatic N) is 2. The minimum absolute atomic E-state index is 0.0885. The standard InChI is InChI=1S/C14H16N4O3S/c15-7-3-6-14-16-10(9-22-14)8-13(19)17-11-4-1-2-5-12(11)18(20)21/h1-2,4-5,9H,3,6-8,15H2,(H,17,19). The largest absolute Gasteiger partial charge is 0.330 e. The van der Waals surface area contributed by atoms with Crippen LogP contribution in [-0.2, 0) is 17.6 Å². The topological polar surface area (TPSA) is 111 Å². The van der Waals surface area contributed by atoms with Crippen molar-refractivity contribution in [2.24, 2.45) is 5.73 Å². The van der Waals surface area contributed by atoms with Gasteiger partial charge in [0.1, 0.15) is 5.69 Å². The lowest BCUT2D eigenvalue weighted by molar-refractivity contribution is -0.383. The molecule has 22 heavy (non-hydrogen) atoms. The van der Waals surface area contributed by atoms with E-state index in [0.29, 0.717) is 12.2 Å². The van der Waals surface area contributed by atoms with Crippen molar-refractivity contribution in [1.29, 1.82) is 0 Å². The summed E-state index contributed by atoms with van der Waals surface area (Å²) >= 11 is 1.49. The zero-order chi connectivity index (χ0) is 15.9. The first kappa shape index (κ1) is 16.1. The number of nitrogens with two attached hydrogens (primary N) is 1. The third-order valence-corrected chi connectivity index (χ3v) is 3.87. The van der Waals surface area contributed by atoms with E-state index < -0.39 is 4.92 Å². The molecule has 0 aliphatic carbocycles. The van der Waals surface area contributed by atoms with Gasteiger partial charge < -0.3 is 11.1 Å². The number of hydrogen-bond acceptors (Lipinski definition) is 6. The number of anilines is 1. The molecule has 0 aliphatic rings. The summed E-state index contributed by atoms with van der Waals surface area (Å²) in [5.74, 6) is -0.329. The molecule has 2 aromatic rings. The van der Waals surface area contributed by atoms with Gasteiger partial charge in [0.25, 0.3) is 5.69 Å². The molecule has 1 heterocycles. The number of thiazole rings is 1. The zero-order valence-electron chi connectivity index (χ0n) is 11.8. The normalized spacial score (nSPS) is 10.4. The fraction of sp³-hybridized carbons (Fsp3) is 0.286. The highest BCUT2D eigenvalue weighted by Gasteiger charge is 2.15. The van der Waals surface area contributed by atoms with Crippen molar-refractivity contribution < 1.29 is 9.72 Å². The number of carbonyl (C=O) groups is 1. The maximum Gasteiger partial charge on any atom is 0.292 e. The predicted octanol–water partition coefficient (Wildman–Crippen LogP) is 2.12. The molecule has 0 fully saturated rings. The van der Waals surface area contributed by atoms with Crippen molar-refractivity contribution >= 4 is 28.6 Å². The van der Waals surface area contributed by atoms with Gasteiger partial charge in [0.05, 0.1) is 22.0 Å². The number of nitrogens with one attached hydrogen (secondary N) is 1. The first-order valence-corrected chi connectivity index (χ1v) is 7.64. The second-order valence-corrected chi connectivity index (χ2v) is 5.57. The van der Waals surface area contributed by atoms with E-state index in [0.717, 1.165) is 17.8 Å². The second-order valence-electron chi connectivity index (χ2n) is 4.62. The summed E-state index contributed by atoms with van der Waals surface area (Å²) in [6.07, 6.45) is 1.74. The Hall–Kier alpha value is -2.32. The number of aryl methyl sites for hydroxylation is 1. The smallest absolute Gasteiger partial charge is 0.292 e. The first-order chi connectivity index (χ1) is 10.6. The van der Waals surface area contributed by atoms with Crippen LogP contribution in [-0.4, -0.2) is 22.4 Å². The van der Waals surface area contributed by atoms with Crippen LogP contribution in [0.2, 0.25) is 0 Å². The highest BCUT2D eigenvalue weighted by Crippen LogP contribution is 2.23. The quantitative estimate of drug-likeness (QED) is 0.599. The Kier molecular flexibility index (Phi) is 5.56. The Morgan fingerprint density at radius 2 is 2.18 bits per heavy atom. The highest BCUT2D eigenvalue weighted by molar-refractivity contribution is 7.09. The van der Waals surface area contributed by atoms with E-state index in [1.54, 1.807) is 12.1 Å². The maximum atomic E-state index is 12.0. The van der Waals surface area contributed by atoms with Gasteiger partial charge in [0, 0.05) is 17.9 Å². The van der Waals surface area contributed by atoms with E-state index >= 15 is 0 Å². The Morgan fingerprint density at radius 1 is 1.41 bits per heavy atom. The lowest BCUT2D eigenvalue weighted by atomic mass is 10.2. The van der Waals surface area contributed by atoms with Crippen LogP contribution in [0.25, 0.3) is 0 Å². The minimum atomic E-state index is -0.524. The number of nitro groups is 1. The minimum Gasteiger partial charge on any atom is -0.330 e. The molecule has 3 N–H and O–H groups in total. The number of aromatic nitrogens is 1. The van der Waals surface area contributed by atoms with Crippen LogP contribution in [0, 0.1) is 10.1 Å². The Bertz CT molecular complexity index is 672. The van der Waals surface area contributed by atoms with Gasteiger partial charge in [-0.3, -0.25) is 14.9 Å². The summed E-state index contributed by atoms with van der Waals surface area (Å²) < 4.78 is 0. The number of benzene rings is 1. The summed E-state index contributed by atoms with van der Waals surface area (Å²) in [5, 5.41) is 16.2. The van der Waals surface area contributed by atoms with Gasteiger partial charge in [-0.15, -0.1) is 11.3 Å². The highest BCUT2D eigenvalue weighted by atomic mass is 32.1. The average Bonchev–Trinajstić information content (AvgIpc) is 2.92. The molecule has 0 atom stereocenters. The van der Waals surface area contributed by atoms with Gasteiger partial charge in [-0.25, -0.2) is 4.98 Å². The monoisotopic (exact) mass is 320 g/mol. The SMILES string of the molecule is NCCCc1nc(CC(=O)Nc2ccccc2[N+](=O)[O-])cs1. The van der Waals surface area contributed by atoms with Crippen LogP contribution in [0.1, 0.15) is 17.1 Å². The van der Waals surface area contributed by atoms with E-state index in [1.807, 2.05) is 5.38 Å². The summed E-state index contributed by atoms with van der Waals surface area (Å²) in [4.78, 5) is 26.7. The lowest BCUT2D eigenvalue weighted by Gasteiger charge is -2.04.